The highest BCUT2D eigenvalue weighted by molar-refractivity contribution is 5.91. The van der Waals surface area contributed by atoms with Crippen LogP contribution in [-0.4, -0.2) is 41.8 Å². The van der Waals surface area contributed by atoms with Crippen LogP contribution in [0.3, 0.4) is 0 Å². The number of aliphatic carboxylic acids is 1. The number of carboxylic acid groups (broad SMARTS) is 1. The molecule has 2 fully saturated rings. The second-order valence-corrected chi connectivity index (χ2v) is 4.75. The molecule has 1 saturated carbocycles. The minimum Gasteiger partial charge on any atom is -0.481 e. The minimum atomic E-state index is -0.876. The van der Waals surface area contributed by atoms with Gasteiger partial charge < -0.3 is 14.7 Å². The number of ether oxygens (including phenoxy) is 1. The molecule has 2 unspecified atom stereocenters. The first-order chi connectivity index (χ1) is 6.96. The number of hydrogen-bond donors (Lipinski definition) is 1. The molecule has 1 aliphatic heterocycles. The van der Waals surface area contributed by atoms with Gasteiger partial charge in [0.2, 0.25) is 5.91 Å². The average molecular weight is 213 g/mol. The highest BCUT2D eigenvalue weighted by Gasteiger charge is 2.66. The smallest absolute Gasteiger partial charge is 0.307 e. The van der Waals surface area contributed by atoms with Crippen molar-refractivity contribution in [3.8, 4) is 0 Å². The first kappa shape index (κ1) is 10.4. The van der Waals surface area contributed by atoms with Gasteiger partial charge in [-0.3, -0.25) is 9.59 Å². The molecular formula is C10H15NO4. The highest BCUT2D eigenvalue weighted by atomic mass is 16.5. The van der Waals surface area contributed by atoms with Crippen LogP contribution in [0.1, 0.15) is 13.8 Å². The van der Waals surface area contributed by atoms with E-state index in [0.29, 0.717) is 19.9 Å². The molecule has 0 spiro atoms. The van der Waals surface area contributed by atoms with Gasteiger partial charge in [-0.25, -0.2) is 0 Å². The molecule has 1 heterocycles. The molecule has 2 aliphatic rings. The first-order valence-electron chi connectivity index (χ1n) is 5.05. The zero-order valence-electron chi connectivity index (χ0n) is 8.90. The Hall–Kier alpha value is -1.10. The standard InChI is InChI=1S/C10H15NO4/c1-10(2)6(7(10)9(13)14)8(12)11-3-4-15-5-11/h6-7H,3-5H2,1-2H3,(H,13,14). The van der Waals surface area contributed by atoms with E-state index in [1.807, 2.05) is 13.8 Å². The summed E-state index contributed by atoms with van der Waals surface area (Å²) in [5.74, 6) is -1.87. The van der Waals surface area contributed by atoms with Crippen LogP contribution in [0, 0.1) is 17.3 Å². The second kappa shape index (κ2) is 3.20. The number of amides is 1. The van der Waals surface area contributed by atoms with E-state index in [0.717, 1.165) is 0 Å². The predicted octanol–water partition coefficient (Wildman–Crippen LogP) is 0.159. The Kier molecular flexibility index (Phi) is 2.22. The van der Waals surface area contributed by atoms with E-state index >= 15 is 0 Å². The Morgan fingerprint density at radius 2 is 2.07 bits per heavy atom. The Labute approximate surface area is 88.0 Å². The van der Waals surface area contributed by atoms with Crippen molar-refractivity contribution in [3.63, 3.8) is 0 Å². The zero-order chi connectivity index (χ0) is 11.2. The van der Waals surface area contributed by atoms with Gasteiger partial charge in [-0.05, 0) is 5.41 Å². The molecule has 0 radical (unpaired) electrons. The molecule has 0 aromatic carbocycles. The summed E-state index contributed by atoms with van der Waals surface area (Å²) in [6.07, 6.45) is 0. The van der Waals surface area contributed by atoms with Gasteiger partial charge in [-0.1, -0.05) is 13.8 Å². The maximum atomic E-state index is 11.9. The summed E-state index contributed by atoms with van der Waals surface area (Å²) >= 11 is 0. The highest BCUT2D eigenvalue weighted by Crippen LogP contribution is 2.59. The fraction of sp³-hybridized carbons (Fsp3) is 0.800. The van der Waals surface area contributed by atoms with E-state index in [9.17, 15) is 9.59 Å². The summed E-state index contributed by atoms with van der Waals surface area (Å²) in [4.78, 5) is 24.4. The maximum Gasteiger partial charge on any atom is 0.307 e. The molecular weight excluding hydrogens is 198 g/mol. The molecule has 2 rings (SSSR count). The third-order valence-corrected chi connectivity index (χ3v) is 3.42. The molecule has 1 saturated heterocycles. The molecule has 5 heteroatoms. The summed E-state index contributed by atoms with van der Waals surface area (Å²) in [5, 5.41) is 8.95. The van der Waals surface area contributed by atoms with Crippen molar-refractivity contribution in [3.05, 3.63) is 0 Å². The van der Waals surface area contributed by atoms with Crippen LogP contribution in [-0.2, 0) is 14.3 Å². The Bertz CT molecular complexity index is 307. The average Bonchev–Trinajstić information content (AvgIpc) is 2.57. The fourth-order valence-corrected chi connectivity index (χ4v) is 2.34. The molecule has 0 bridgehead atoms. The Morgan fingerprint density at radius 1 is 1.40 bits per heavy atom. The van der Waals surface area contributed by atoms with E-state index in [4.69, 9.17) is 9.84 Å². The van der Waals surface area contributed by atoms with Gasteiger partial charge in [0.05, 0.1) is 18.4 Å². The number of carbonyl (C=O) groups is 2. The van der Waals surface area contributed by atoms with Gasteiger partial charge in [0.1, 0.15) is 6.73 Å². The molecule has 0 aromatic heterocycles. The van der Waals surface area contributed by atoms with Gasteiger partial charge in [-0.15, -0.1) is 0 Å². The lowest BCUT2D eigenvalue weighted by Crippen LogP contribution is -2.31. The van der Waals surface area contributed by atoms with Crippen LogP contribution in [0.2, 0.25) is 0 Å². The molecule has 1 amide bonds. The molecule has 1 N–H and O–H groups in total. The normalized spacial score (nSPS) is 32.8. The number of hydrogen-bond acceptors (Lipinski definition) is 3. The number of nitrogens with zero attached hydrogens (tertiary/aromatic N) is 1. The van der Waals surface area contributed by atoms with Crippen molar-refractivity contribution in [2.45, 2.75) is 13.8 Å². The van der Waals surface area contributed by atoms with E-state index in [1.165, 1.54) is 0 Å². The van der Waals surface area contributed by atoms with E-state index in [-0.39, 0.29) is 11.8 Å². The topological polar surface area (TPSA) is 66.8 Å². The molecule has 2 atom stereocenters. The zero-order valence-corrected chi connectivity index (χ0v) is 8.90. The van der Waals surface area contributed by atoms with Crippen LogP contribution in [0.25, 0.3) is 0 Å². The number of rotatable bonds is 2. The maximum absolute atomic E-state index is 11.9. The summed E-state index contributed by atoms with van der Waals surface area (Å²) < 4.78 is 5.08. The van der Waals surface area contributed by atoms with Crippen LogP contribution < -0.4 is 0 Å². The van der Waals surface area contributed by atoms with Crippen molar-refractivity contribution in [1.82, 2.24) is 4.90 Å². The Morgan fingerprint density at radius 3 is 2.47 bits per heavy atom. The monoisotopic (exact) mass is 213 g/mol. The van der Waals surface area contributed by atoms with E-state index in [1.54, 1.807) is 4.90 Å². The quantitative estimate of drug-likeness (QED) is 0.709. The molecule has 84 valence electrons. The lowest BCUT2D eigenvalue weighted by atomic mass is 10.1. The summed E-state index contributed by atoms with van der Waals surface area (Å²) in [7, 11) is 0. The van der Waals surface area contributed by atoms with Gasteiger partial charge in [0, 0.05) is 6.54 Å². The Balaban J connectivity index is 2.06. The van der Waals surface area contributed by atoms with Crippen LogP contribution in [0.15, 0.2) is 0 Å². The third kappa shape index (κ3) is 1.51. The minimum absolute atomic E-state index is 0.0788. The van der Waals surface area contributed by atoms with Crippen LogP contribution in [0.5, 0.6) is 0 Å². The predicted molar refractivity (Wildman–Crippen MR) is 50.9 cm³/mol. The number of carbonyl (C=O) groups excluding carboxylic acids is 1. The van der Waals surface area contributed by atoms with Gasteiger partial charge in [0.15, 0.2) is 0 Å². The molecule has 1 aliphatic carbocycles. The summed E-state index contributed by atoms with van der Waals surface area (Å²) in [5.41, 5.74) is -0.411. The second-order valence-electron chi connectivity index (χ2n) is 4.75. The lowest BCUT2D eigenvalue weighted by Gasteiger charge is -2.13. The summed E-state index contributed by atoms with van der Waals surface area (Å²) in [6.45, 7) is 5.09. The van der Waals surface area contributed by atoms with Gasteiger partial charge >= 0.3 is 5.97 Å². The largest absolute Gasteiger partial charge is 0.481 e. The lowest BCUT2D eigenvalue weighted by molar-refractivity contribution is -0.142. The number of carboxylic acids is 1. The van der Waals surface area contributed by atoms with Crippen LogP contribution in [0.4, 0.5) is 0 Å². The SMILES string of the molecule is CC1(C)C(C(=O)O)C1C(=O)N1CCOC1. The van der Waals surface area contributed by atoms with Crippen molar-refractivity contribution >= 4 is 11.9 Å². The van der Waals surface area contributed by atoms with Gasteiger partial charge in [-0.2, -0.15) is 0 Å². The molecule has 0 aromatic rings. The molecule has 15 heavy (non-hydrogen) atoms. The van der Waals surface area contributed by atoms with Crippen molar-refractivity contribution in [1.29, 1.82) is 0 Å². The molecule has 5 nitrogen and oxygen atoms in total. The van der Waals surface area contributed by atoms with Crippen molar-refractivity contribution in [2.24, 2.45) is 17.3 Å². The first-order valence-corrected chi connectivity index (χ1v) is 5.05. The van der Waals surface area contributed by atoms with E-state index < -0.39 is 17.3 Å². The third-order valence-electron chi connectivity index (χ3n) is 3.42. The van der Waals surface area contributed by atoms with Gasteiger partial charge in [0.25, 0.3) is 0 Å². The van der Waals surface area contributed by atoms with Crippen LogP contribution >= 0.6 is 0 Å². The summed E-state index contributed by atoms with van der Waals surface area (Å²) in [6, 6.07) is 0. The fourth-order valence-electron chi connectivity index (χ4n) is 2.34. The van der Waals surface area contributed by atoms with Crippen molar-refractivity contribution in [2.75, 3.05) is 19.9 Å². The van der Waals surface area contributed by atoms with Crippen molar-refractivity contribution < 1.29 is 19.4 Å². The van der Waals surface area contributed by atoms with E-state index in [2.05, 4.69) is 0 Å².